The van der Waals surface area contributed by atoms with Gasteiger partial charge < -0.3 is 39.9 Å². The molecule has 4 amide bonds. The number of methoxy groups -OCH3 is 2. The largest absolute Gasteiger partial charge is 0.453 e. The Morgan fingerprint density at radius 3 is 1.85 bits per heavy atom. The summed E-state index contributed by atoms with van der Waals surface area (Å²) in [5.74, 6) is 1.88. The van der Waals surface area contributed by atoms with Crippen molar-refractivity contribution in [2.75, 3.05) is 27.3 Å². The van der Waals surface area contributed by atoms with Crippen LogP contribution < -0.4 is 10.6 Å². The number of benzene rings is 2. The van der Waals surface area contributed by atoms with Gasteiger partial charge in [-0.25, -0.2) is 19.6 Å². The molecule has 14 nitrogen and oxygen atoms in total. The number of hydrogen-bond donors (Lipinski definition) is 4. The topological polar surface area (TPSA) is 175 Å². The monoisotopic (exact) mass is 752 g/mol. The number of ether oxygens (including phenoxy) is 2. The minimum atomic E-state index is -0.679. The minimum absolute atomic E-state index is 0.0958. The van der Waals surface area contributed by atoms with Crippen LogP contribution in [-0.2, 0) is 19.1 Å². The van der Waals surface area contributed by atoms with Crippen LogP contribution in [0.5, 0.6) is 0 Å². The number of nitrogens with one attached hydrogen (secondary N) is 4. The molecule has 2 aliphatic heterocycles. The molecular formula is C41H52N8O6. The Morgan fingerprint density at radius 2 is 1.29 bits per heavy atom. The van der Waals surface area contributed by atoms with E-state index in [1.165, 1.54) is 25.3 Å². The molecule has 1 saturated carbocycles. The Hall–Kier alpha value is -5.40. The minimum Gasteiger partial charge on any atom is -0.453 e. The normalized spacial score (nSPS) is 21.9. The number of H-pyrrole nitrogens is 2. The van der Waals surface area contributed by atoms with Gasteiger partial charge in [0.25, 0.3) is 0 Å². The van der Waals surface area contributed by atoms with E-state index in [1.807, 2.05) is 43.7 Å². The van der Waals surface area contributed by atoms with Crippen molar-refractivity contribution in [3.63, 3.8) is 0 Å². The molecule has 0 bridgehead atoms. The van der Waals surface area contributed by atoms with Crippen LogP contribution in [0.1, 0.15) is 106 Å². The molecule has 2 saturated heterocycles. The zero-order valence-corrected chi connectivity index (χ0v) is 32.4. The molecule has 0 radical (unpaired) electrons. The van der Waals surface area contributed by atoms with E-state index in [4.69, 9.17) is 19.4 Å². The summed E-state index contributed by atoms with van der Waals surface area (Å²) in [6.07, 6.45) is 4.97. The quantitative estimate of drug-likeness (QED) is 0.138. The maximum absolute atomic E-state index is 13.6. The maximum Gasteiger partial charge on any atom is 0.407 e. The molecule has 292 valence electrons. The molecule has 2 aromatic carbocycles. The molecule has 4 aromatic rings. The fraction of sp³-hybridized carbons (Fsp3) is 0.512. The van der Waals surface area contributed by atoms with Gasteiger partial charge in [-0.1, -0.05) is 58.0 Å². The van der Waals surface area contributed by atoms with E-state index >= 15 is 0 Å². The lowest BCUT2D eigenvalue weighted by Gasteiger charge is -2.30. The number of imidazole rings is 2. The standard InChI is InChI=1S/C41H52N8O6/c1-22(2)34(46-40(52)54-5)38(50)48-17-7-9-32(48)36-42-21-31(45-36)25-13-11-24(12-14-25)27-20-28(27)26-15-16-29-30(19-26)44-37(43-29)33-10-8-18-49(33)39(51)35(23(3)4)47-41(53)55-6/h11-16,19,21-23,27-28,32-35H,7-10,17-18,20H2,1-6H3,(H,42,45)(H,43,44)(H,46,52)(H,47,53)/t27-,28-,32+,33+,34+,35+/m1/s1. The molecule has 1 aliphatic carbocycles. The third-order valence-electron chi connectivity index (χ3n) is 11.5. The van der Waals surface area contributed by atoms with E-state index in [9.17, 15) is 19.2 Å². The van der Waals surface area contributed by atoms with Gasteiger partial charge in [-0.2, -0.15) is 0 Å². The molecule has 0 unspecified atom stereocenters. The van der Waals surface area contributed by atoms with Gasteiger partial charge in [-0.05, 0) is 84.6 Å². The third kappa shape index (κ3) is 7.76. The lowest BCUT2D eigenvalue weighted by molar-refractivity contribution is -0.136. The highest BCUT2D eigenvalue weighted by molar-refractivity contribution is 5.87. The van der Waals surface area contributed by atoms with E-state index in [1.54, 1.807) is 0 Å². The molecule has 2 aromatic heterocycles. The van der Waals surface area contributed by atoms with Gasteiger partial charge in [0.1, 0.15) is 23.7 Å². The van der Waals surface area contributed by atoms with Crippen molar-refractivity contribution in [1.29, 1.82) is 0 Å². The lowest BCUT2D eigenvalue weighted by atomic mass is 10.0. The van der Waals surface area contributed by atoms with E-state index in [-0.39, 0.29) is 35.7 Å². The van der Waals surface area contributed by atoms with Gasteiger partial charge in [0.15, 0.2) is 0 Å². The number of amides is 4. The van der Waals surface area contributed by atoms with E-state index in [2.05, 4.69) is 63.1 Å². The first-order valence-corrected chi connectivity index (χ1v) is 19.4. The van der Waals surface area contributed by atoms with Crippen molar-refractivity contribution in [2.24, 2.45) is 11.8 Å². The smallest absolute Gasteiger partial charge is 0.407 e. The van der Waals surface area contributed by atoms with Gasteiger partial charge in [-0.15, -0.1) is 0 Å². The highest BCUT2D eigenvalue weighted by Crippen LogP contribution is 2.55. The summed E-state index contributed by atoms with van der Waals surface area (Å²) in [7, 11) is 2.59. The van der Waals surface area contributed by atoms with Gasteiger partial charge in [0.05, 0.1) is 49.2 Å². The molecule has 14 heteroatoms. The number of fused-ring (bicyclic) bond motifs is 1. The zero-order chi connectivity index (χ0) is 39.0. The summed E-state index contributed by atoms with van der Waals surface area (Å²) in [4.78, 5) is 71.3. The number of hydrogen-bond acceptors (Lipinski definition) is 8. The summed E-state index contributed by atoms with van der Waals surface area (Å²) >= 11 is 0. The highest BCUT2D eigenvalue weighted by Gasteiger charge is 2.41. The van der Waals surface area contributed by atoms with Crippen LogP contribution in [0.15, 0.2) is 48.7 Å². The lowest BCUT2D eigenvalue weighted by Crippen LogP contribution is -2.51. The Bertz CT molecular complexity index is 2040. The van der Waals surface area contributed by atoms with E-state index in [0.29, 0.717) is 24.9 Å². The zero-order valence-electron chi connectivity index (χ0n) is 32.4. The molecule has 4 heterocycles. The number of likely N-dealkylation sites (tertiary alicyclic amines) is 2. The summed E-state index contributed by atoms with van der Waals surface area (Å²) in [6, 6.07) is 13.3. The molecule has 4 N–H and O–H groups in total. The predicted octanol–water partition coefficient (Wildman–Crippen LogP) is 6.31. The van der Waals surface area contributed by atoms with Crippen LogP contribution in [0.2, 0.25) is 0 Å². The molecule has 3 aliphatic rings. The second-order valence-electron chi connectivity index (χ2n) is 15.7. The average molecular weight is 753 g/mol. The van der Waals surface area contributed by atoms with Crippen LogP contribution in [0, 0.1) is 11.8 Å². The Morgan fingerprint density at radius 1 is 0.745 bits per heavy atom. The van der Waals surface area contributed by atoms with Crippen molar-refractivity contribution in [1.82, 2.24) is 40.4 Å². The second-order valence-corrected chi connectivity index (χ2v) is 15.7. The van der Waals surface area contributed by atoms with Gasteiger partial charge >= 0.3 is 12.2 Å². The molecule has 55 heavy (non-hydrogen) atoms. The van der Waals surface area contributed by atoms with Crippen LogP contribution in [0.3, 0.4) is 0 Å². The maximum atomic E-state index is 13.6. The number of carbonyl (C=O) groups excluding carboxylic acids is 4. The predicted molar refractivity (Wildman–Crippen MR) is 206 cm³/mol. The number of aromatic amines is 2. The first-order valence-electron chi connectivity index (χ1n) is 19.4. The number of nitrogens with zero attached hydrogens (tertiary/aromatic N) is 4. The third-order valence-corrected chi connectivity index (χ3v) is 11.5. The van der Waals surface area contributed by atoms with E-state index in [0.717, 1.165) is 66.0 Å². The molecule has 0 spiro atoms. The van der Waals surface area contributed by atoms with Crippen LogP contribution in [-0.4, -0.2) is 93.1 Å². The van der Waals surface area contributed by atoms with Crippen LogP contribution in [0.4, 0.5) is 9.59 Å². The number of rotatable bonds is 11. The highest BCUT2D eigenvalue weighted by atomic mass is 16.5. The number of aromatic nitrogens is 4. The Kier molecular flexibility index (Phi) is 10.9. The second kappa shape index (κ2) is 15.8. The first-order chi connectivity index (χ1) is 26.5. The molecule has 6 atom stereocenters. The number of carbonyl (C=O) groups is 4. The summed E-state index contributed by atoms with van der Waals surface area (Å²) in [6.45, 7) is 8.85. The Balaban J connectivity index is 1.00. The molecular weight excluding hydrogens is 701 g/mol. The Labute approximate surface area is 321 Å². The van der Waals surface area contributed by atoms with Crippen molar-refractivity contribution in [3.05, 3.63) is 71.4 Å². The van der Waals surface area contributed by atoms with Crippen molar-refractivity contribution < 1.29 is 28.7 Å². The number of alkyl carbamates (subject to hydrolysis) is 2. The van der Waals surface area contributed by atoms with Crippen LogP contribution >= 0.6 is 0 Å². The summed E-state index contributed by atoms with van der Waals surface area (Å²) in [5, 5.41) is 5.42. The van der Waals surface area contributed by atoms with Gasteiger partial charge in [0, 0.05) is 13.1 Å². The van der Waals surface area contributed by atoms with Crippen LogP contribution in [0.25, 0.3) is 22.3 Å². The molecule has 3 fully saturated rings. The van der Waals surface area contributed by atoms with E-state index < -0.39 is 24.3 Å². The van der Waals surface area contributed by atoms with Gasteiger partial charge in [-0.3, -0.25) is 9.59 Å². The van der Waals surface area contributed by atoms with Crippen molar-refractivity contribution in [2.45, 2.75) is 95.8 Å². The van der Waals surface area contributed by atoms with Crippen molar-refractivity contribution in [3.8, 4) is 11.3 Å². The SMILES string of the molecule is COC(=O)N[C@H](C(=O)N1CCC[C@H]1c1ncc(-c2ccc([C@H]3C[C@@H]3c3ccc4nc([C@@H]5CCCN5C(=O)[C@@H](NC(=O)OC)C(C)C)[nH]c4c3)cc2)[nH]1)C(C)C. The average Bonchev–Trinajstić information content (AvgIpc) is 3.69. The fourth-order valence-electron chi connectivity index (χ4n) is 8.32. The first kappa shape index (κ1) is 37.9. The van der Waals surface area contributed by atoms with Gasteiger partial charge in [0.2, 0.25) is 11.8 Å². The molecule has 7 rings (SSSR count). The summed E-state index contributed by atoms with van der Waals surface area (Å²) < 4.78 is 9.53. The fourth-order valence-corrected chi connectivity index (χ4v) is 8.32. The van der Waals surface area contributed by atoms with Crippen molar-refractivity contribution >= 4 is 35.0 Å². The summed E-state index contributed by atoms with van der Waals surface area (Å²) in [5.41, 5.74) is 6.28.